The van der Waals surface area contributed by atoms with Crippen molar-refractivity contribution < 1.29 is 0 Å². The summed E-state index contributed by atoms with van der Waals surface area (Å²) in [6, 6.07) is 0.386. The smallest absolute Gasteiger partial charge is 0.188 e. The summed E-state index contributed by atoms with van der Waals surface area (Å²) in [5.41, 5.74) is 7.00. The molecule has 1 unspecified atom stereocenters. The molecule has 0 aromatic carbocycles. The summed E-state index contributed by atoms with van der Waals surface area (Å²) in [7, 11) is 1.93. The Morgan fingerprint density at radius 2 is 2.33 bits per heavy atom. The van der Waals surface area contributed by atoms with Crippen LogP contribution in [-0.2, 0) is 13.5 Å². The highest BCUT2D eigenvalue weighted by atomic mass is 127. The van der Waals surface area contributed by atoms with E-state index in [2.05, 4.69) is 29.3 Å². The number of nitrogens with zero attached hydrogens (tertiary/aromatic N) is 3. The van der Waals surface area contributed by atoms with Gasteiger partial charge in [-0.1, -0.05) is 6.92 Å². The van der Waals surface area contributed by atoms with Gasteiger partial charge < -0.3 is 11.1 Å². The van der Waals surface area contributed by atoms with Gasteiger partial charge in [0.2, 0.25) is 0 Å². The monoisotopic (exact) mass is 365 g/mol. The third-order valence-electron chi connectivity index (χ3n) is 2.67. The predicted molar refractivity (Wildman–Crippen MR) is 86.3 cm³/mol. The van der Waals surface area contributed by atoms with E-state index in [-0.39, 0.29) is 24.0 Å². The molecule has 0 fully saturated rings. The van der Waals surface area contributed by atoms with Crippen molar-refractivity contribution in [2.75, 3.05) is 6.54 Å². The van der Waals surface area contributed by atoms with Crippen LogP contribution >= 0.6 is 24.0 Å². The summed E-state index contributed by atoms with van der Waals surface area (Å²) in [6.07, 6.45) is 6.96. The highest BCUT2D eigenvalue weighted by Gasteiger charge is 1.99. The number of aromatic nitrogens is 2. The van der Waals surface area contributed by atoms with Crippen molar-refractivity contribution in [1.29, 1.82) is 0 Å². The number of nitrogens with one attached hydrogen (secondary N) is 1. The fraction of sp³-hybridized carbons (Fsp3) is 0.667. The summed E-state index contributed by atoms with van der Waals surface area (Å²) >= 11 is 0. The first-order chi connectivity index (χ1) is 8.11. The van der Waals surface area contributed by atoms with Crippen molar-refractivity contribution in [2.45, 2.75) is 39.2 Å². The number of aliphatic imine (C=N–C) groups is 1. The van der Waals surface area contributed by atoms with Crippen LogP contribution in [0.4, 0.5) is 0 Å². The van der Waals surface area contributed by atoms with Crippen LogP contribution in [0.2, 0.25) is 0 Å². The van der Waals surface area contributed by atoms with Crippen molar-refractivity contribution >= 4 is 29.9 Å². The summed E-state index contributed by atoms with van der Waals surface area (Å²) in [5, 5.41) is 7.27. The fourth-order valence-electron chi connectivity index (χ4n) is 1.48. The molecule has 0 aliphatic heterocycles. The molecule has 18 heavy (non-hydrogen) atoms. The van der Waals surface area contributed by atoms with E-state index in [1.165, 1.54) is 5.56 Å². The molecule has 6 heteroatoms. The number of nitrogens with two attached hydrogens (primary N) is 1. The van der Waals surface area contributed by atoms with Crippen LogP contribution in [0.5, 0.6) is 0 Å². The van der Waals surface area contributed by atoms with Crippen molar-refractivity contribution in [2.24, 2.45) is 17.8 Å². The second kappa shape index (κ2) is 9.18. The van der Waals surface area contributed by atoms with Crippen molar-refractivity contribution in [3.8, 4) is 0 Å². The van der Waals surface area contributed by atoms with Gasteiger partial charge >= 0.3 is 0 Å². The molecule has 5 nitrogen and oxygen atoms in total. The minimum atomic E-state index is 0. The third kappa shape index (κ3) is 6.83. The molecule has 0 amide bonds. The minimum absolute atomic E-state index is 0. The lowest BCUT2D eigenvalue weighted by Gasteiger charge is -2.11. The molecular weight excluding hydrogens is 341 g/mol. The minimum Gasteiger partial charge on any atom is -0.370 e. The molecule has 0 aliphatic carbocycles. The zero-order valence-corrected chi connectivity index (χ0v) is 13.7. The van der Waals surface area contributed by atoms with E-state index in [1.54, 1.807) is 0 Å². The Bertz CT molecular complexity index is 361. The van der Waals surface area contributed by atoms with Gasteiger partial charge in [-0.2, -0.15) is 5.10 Å². The SMILES string of the molecule is CCC(C)NC(N)=NCCCc1cnn(C)c1.I. The number of guanidine groups is 1. The largest absolute Gasteiger partial charge is 0.370 e. The number of aryl methyl sites for hydroxylation is 2. The maximum Gasteiger partial charge on any atom is 0.188 e. The van der Waals surface area contributed by atoms with Gasteiger partial charge in [-0.25, -0.2) is 0 Å². The third-order valence-corrected chi connectivity index (χ3v) is 2.67. The van der Waals surface area contributed by atoms with E-state index in [9.17, 15) is 0 Å². The van der Waals surface area contributed by atoms with Gasteiger partial charge in [-0.05, 0) is 31.7 Å². The summed E-state index contributed by atoms with van der Waals surface area (Å²) < 4.78 is 1.82. The number of hydrogen-bond acceptors (Lipinski definition) is 2. The van der Waals surface area contributed by atoms with Gasteiger partial charge in [0.15, 0.2) is 5.96 Å². The molecular formula is C12H24IN5. The van der Waals surface area contributed by atoms with E-state index in [4.69, 9.17) is 5.73 Å². The standard InChI is InChI=1S/C12H23N5.HI/c1-4-10(2)16-12(13)14-7-5-6-11-8-15-17(3)9-11;/h8-10H,4-7H2,1-3H3,(H3,13,14,16);1H. The Labute approximate surface area is 126 Å². The molecule has 0 saturated carbocycles. The molecule has 3 N–H and O–H groups in total. The van der Waals surface area contributed by atoms with Crippen LogP contribution in [0.15, 0.2) is 17.4 Å². The molecule has 1 rings (SSSR count). The highest BCUT2D eigenvalue weighted by molar-refractivity contribution is 14.0. The first-order valence-corrected chi connectivity index (χ1v) is 6.15. The highest BCUT2D eigenvalue weighted by Crippen LogP contribution is 2.00. The van der Waals surface area contributed by atoms with E-state index in [0.29, 0.717) is 12.0 Å². The Balaban J connectivity index is 0.00000289. The molecule has 1 atom stereocenters. The van der Waals surface area contributed by atoms with Crippen LogP contribution in [0.1, 0.15) is 32.3 Å². The molecule has 0 radical (unpaired) electrons. The Morgan fingerprint density at radius 1 is 1.61 bits per heavy atom. The van der Waals surface area contributed by atoms with Crippen molar-refractivity contribution in [3.05, 3.63) is 18.0 Å². The van der Waals surface area contributed by atoms with Gasteiger partial charge in [-0.15, -0.1) is 24.0 Å². The zero-order valence-electron chi connectivity index (χ0n) is 11.4. The number of hydrogen-bond donors (Lipinski definition) is 2. The summed E-state index contributed by atoms with van der Waals surface area (Å²) in [6.45, 7) is 4.97. The molecule has 1 aromatic heterocycles. The van der Waals surface area contributed by atoms with E-state index in [0.717, 1.165) is 25.8 Å². The van der Waals surface area contributed by atoms with Gasteiger partial charge in [-0.3, -0.25) is 9.67 Å². The fourth-order valence-corrected chi connectivity index (χ4v) is 1.48. The van der Waals surface area contributed by atoms with Gasteiger partial charge in [0.05, 0.1) is 6.20 Å². The summed E-state index contributed by atoms with van der Waals surface area (Å²) in [5.74, 6) is 0.547. The lowest BCUT2D eigenvalue weighted by atomic mass is 10.2. The molecule has 0 spiro atoms. The Morgan fingerprint density at radius 3 is 2.89 bits per heavy atom. The lowest BCUT2D eigenvalue weighted by Crippen LogP contribution is -2.38. The van der Waals surface area contributed by atoms with Crippen LogP contribution in [0.3, 0.4) is 0 Å². The van der Waals surface area contributed by atoms with Crippen LogP contribution in [0.25, 0.3) is 0 Å². The second-order valence-corrected chi connectivity index (χ2v) is 4.35. The molecule has 0 aliphatic rings. The van der Waals surface area contributed by atoms with E-state index in [1.807, 2.05) is 24.1 Å². The van der Waals surface area contributed by atoms with Crippen LogP contribution in [0, 0.1) is 0 Å². The quantitative estimate of drug-likeness (QED) is 0.349. The first-order valence-electron chi connectivity index (χ1n) is 6.15. The lowest BCUT2D eigenvalue weighted by molar-refractivity contribution is 0.635. The summed E-state index contributed by atoms with van der Waals surface area (Å²) in [4.78, 5) is 4.29. The van der Waals surface area contributed by atoms with Crippen molar-refractivity contribution in [1.82, 2.24) is 15.1 Å². The number of rotatable bonds is 6. The molecule has 0 saturated heterocycles. The van der Waals surface area contributed by atoms with Crippen LogP contribution in [-0.4, -0.2) is 28.3 Å². The molecule has 0 bridgehead atoms. The van der Waals surface area contributed by atoms with E-state index >= 15 is 0 Å². The average molecular weight is 365 g/mol. The van der Waals surface area contributed by atoms with Gasteiger partial charge in [0, 0.05) is 25.8 Å². The maximum atomic E-state index is 5.76. The zero-order chi connectivity index (χ0) is 12.7. The van der Waals surface area contributed by atoms with Crippen molar-refractivity contribution in [3.63, 3.8) is 0 Å². The van der Waals surface area contributed by atoms with Gasteiger partial charge in [0.1, 0.15) is 0 Å². The van der Waals surface area contributed by atoms with Crippen LogP contribution < -0.4 is 11.1 Å². The second-order valence-electron chi connectivity index (χ2n) is 4.35. The number of halogens is 1. The first kappa shape index (κ1) is 17.2. The molecule has 1 heterocycles. The van der Waals surface area contributed by atoms with Gasteiger partial charge in [0.25, 0.3) is 0 Å². The Hall–Kier alpha value is -0.790. The predicted octanol–water partition coefficient (Wildman–Crippen LogP) is 1.67. The van der Waals surface area contributed by atoms with E-state index < -0.39 is 0 Å². The normalized spacial score (nSPS) is 12.9. The Kier molecular flexibility index (Phi) is 8.78. The molecule has 104 valence electrons. The molecule has 1 aromatic rings. The average Bonchev–Trinajstić information content (AvgIpc) is 2.70. The maximum absolute atomic E-state index is 5.76. The topological polar surface area (TPSA) is 68.2 Å².